The minimum Gasteiger partial charge on any atom is -0.378 e. The Hall–Kier alpha value is -0.940. The van der Waals surface area contributed by atoms with Gasteiger partial charge in [0.1, 0.15) is 11.8 Å². The van der Waals surface area contributed by atoms with E-state index in [0.29, 0.717) is 19.8 Å². The van der Waals surface area contributed by atoms with Gasteiger partial charge in [0.25, 0.3) is 0 Å². The smallest absolute Gasteiger partial charge is 0.239 e. The predicted molar refractivity (Wildman–Crippen MR) is 55.5 cm³/mol. The number of Topliss-reactive ketones (excluding diaryl/α,β-unsaturated/α-hetero) is 1. The number of hydrogen-bond donors (Lipinski definition) is 1. The summed E-state index contributed by atoms with van der Waals surface area (Å²) in [6, 6.07) is -0.571. The van der Waals surface area contributed by atoms with Crippen molar-refractivity contribution in [2.75, 3.05) is 26.8 Å². The lowest BCUT2D eigenvalue weighted by Gasteiger charge is -2.37. The van der Waals surface area contributed by atoms with Crippen molar-refractivity contribution < 1.29 is 14.3 Å². The number of nitrogens with one attached hydrogen (secondary N) is 1. The summed E-state index contributed by atoms with van der Waals surface area (Å²) in [5, 5.41) is 2.59. The number of carbonyl (C=O) groups excluding carboxylic acids is 2. The van der Waals surface area contributed by atoms with Crippen molar-refractivity contribution in [2.24, 2.45) is 0 Å². The number of rotatable bonds is 3. The number of amides is 1. The molecule has 0 saturated carbocycles. The quantitative estimate of drug-likeness (QED) is 0.682. The van der Waals surface area contributed by atoms with Gasteiger partial charge in [-0.15, -0.1) is 0 Å². The molecule has 2 unspecified atom stereocenters. The van der Waals surface area contributed by atoms with E-state index in [9.17, 15) is 9.59 Å². The largest absolute Gasteiger partial charge is 0.378 e. The van der Waals surface area contributed by atoms with Crippen molar-refractivity contribution in [1.82, 2.24) is 10.2 Å². The van der Waals surface area contributed by atoms with E-state index in [1.807, 2.05) is 11.8 Å². The summed E-state index contributed by atoms with van der Waals surface area (Å²) in [6.07, 6.45) is 0. The number of nitrogens with zero attached hydrogens (tertiary/aromatic N) is 1. The molecule has 0 spiro atoms. The van der Waals surface area contributed by atoms with Crippen LogP contribution in [0.15, 0.2) is 0 Å². The summed E-state index contributed by atoms with van der Waals surface area (Å²) >= 11 is 0. The molecule has 1 aliphatic rings. The van der Waals surface area contributed by atoms with E-state index in [1.54, 1.807) is 14.0 Å². The highest BCUT2D eigenvalue weighted by Gasteiger charge is 2.33. The molecular formula is C10H18N2O3. The van der Waals surface area contributed by atoms with Gasteiger partial charge >= 0.3 is 0 Å². The fourth-order valence-corrected chi connectivity index (χ4v) is 1.71. The lowest BCUT2D eigenvalue weighted by Crippen LogP contribution is -2.57. The highest BCUT2D eigenvalue weighted by Crippen LogP contribution is 2.12. The maximum absolute atomic E-state index is 11.6. The summed E-state index contributed by atoms with van der Waals surface area (Å²) in [5.41, 5.74) is 0. The topological polar surface area (TPSA) is 58.6 Å². The first kappa shape index (κ1) is 12.1. The molecule has 1 fully saturated rings. The lowest BCUT2D eigenvalue weighted by molar-refractivity contribution is -0.137. The number of ether oxygens (including phenoxy) is 1. The molecule has 0 radical (unpaired) electrons. The Balaban J connectivity index is 2.73. The zero-order valence-electron chi connectivity index (χ0n) is 9.45. The first-order valence-corrected chi connectivity index (χ1v) is 5.13. The Bertz CT molecular complexity index is 255. The van der Waals surface area contributed by atoms with Crippen LogP contribution in [0.5, 0.6) is 0 Å². The van der Waals surface area contributed by atoms with Crippen LogP contribution < -0.4 is 5.32 Å². The first-order chi connectivity index (χ1) is 7.07. The molecule has 1 N–H and O–H groups in total. The van der Waals surface area contributed by atoms with Gasteiger partial charge in [-0.1, -0.05) is 0 Å². The number of carbonyl (C=O) groups is 2. The summed E-state index contributed by atoms with van der Waals surface area (Å²) in [5.74, 6) is -0.0198. The van der Waals surface area contributed by atoms with Crippen molar-refractivity contribution in [1.29, 1.82) is 0 Å². The first-order valence-electron chi connectivity index (χ1n) is 5.13. The molecule has 0 bridgehead atoms. The van der Waals surface area contributed by atoms with Gasteiger partial charge in [-0.3, -0.25) is 14.5 Å². The van der Waals surface area contributed by atoms with Crippen LogP contribution in [0.3, 0.4) is 0 Å². The highest BCUT2D eigenvalue weighted by atomic mass is 16.5. The summed E-state index contributed by atoms with van der Waals surface area (Å²) < 4.78 is 5.25. The second-order valence-corrected chi connectivity index (χ2v) is 3.73. The van der Waals surface area contributed by atoms with Crippen molar-refractivity contribution in [3.05, 3.63) is 0 Å². The average Bonchev–Trinajstić information content (AvgIpc) is 2.27. The van der Waals surface area contributed by atoms with E-state index in [1.165, 1.54) is 0 Å². The third kappa shape index (κ3) is 2.76. The molecule has 2 atom stereocenters. The van der Waals surface area contributed by atoms with Crippen LogP contribution in [0.4, 0.5) is 0 Å². The molecular weight excluding hydrogens is 196 g/mol. The van der Waals surface area contributed by atoms with E-state index in [0.717, 1.165) is 0 Å². The third-order valence-corrected chi connectivity index (χ3v) is 2.80. The third-order valence-electron chi connectivity index (χ3n) is 2.80. The van der Waals surface area contributed by atoms with Crippen LogP contribution in [0.1, 0.15) is 13.8 Å². The van der Waals surface area contributed by atoms with E-state index in [-0.39, 0.29) is 23.8 Å². The SMILES string of the molecule is CNC(=O)C1COCCN1C(C)C(C)=O. The molecule has 1 aliphatic heterocycles. The fraction of sp³-hybridized carbons (Fsp3) is 0.800. The van der Waals surface area contributed by atoms with Crippen LogP contribution >= 0.6 is 0 Å². The minimum absolute atomic E-state index is 0.0748. The predicted octanol–water partition coefficient (Wildman–Crippen LogP) is -0.589. The monoisotopic (exact) mass is 214 g/mol. The second-order valence-electron chi connectivity index (χ2n) is 3.73. The van der Waals surface area contributed by atoms with E-state index in [2.05, 4.69) is 5.32 Å². The molecule has 0 aliphatic carbocycles. The molecule has 5 nitrogen and oxygen atoms in total. The Morgan fingerprint density at radius 1 is 1.53 bits per heavy atom. The van der Waals surface area contributed by atoms with Gasteiger partial charge in [0.05, 0.1) is 19.3 Å². The van der Waals surface area contributed by atoms with Crippen molar-refractivity contribution >= 4 is 11.7 Å². The van der Waals surface area contributed by atoms with Gasteiger partial charge in [-0.05, 0) is 13.8 Å². The number of likely N-dealkylation sites (N-methyl/N-ethyl adjacent to an activating group) is 1. The van der Waals surface area contributed by atoms with Crippen LogP contribution in [-0.4, -0.2) is 55.5 Å². The van der Waals surface area contributed by atoms with Gasteiger partial charge in [0, 0.05) is 13.6 Å². The van der Waals surface area contributed by atoms with E-state index in [4.69, 9.17) is 4.74 Å². The summed E-state index contributed by atoms with van der Waals surface area (Å²) in [7, 11) is 1.59. The van der Waals surface area contributed by atoms with E-state index >= 15 is 0 Å². The molecule has 86 valence electrons. The Labute approximate surface area is 89.8 Å². The van der Waals surface area contributed by atoms with Gasteiger partial charge < -0.3 is 10.1 Å². The second kappa shape index (κ2) is 5.23. The van der Waals surface area contributed by atoms with Gasteiger partial charge in [0.2, 0.25) is 5.91 Å². The molecule has 1 saturated heterocycles. The summed E-state index contributed by atoms with van der Waals surface area (Å²) in [6.45, 7) is 4.92. The van der Waals surface area contributed by atoms with Crippen LogP contribution in [-0.2, 0) is 14.3 Å². The van der Waals surface area contributed by atoms with Gasteiger partial charge in [-0.2, -0.15) is 0 Å². The zero-order valence-corrected chi connectivity index (χ0v) is 9.45. The number of ketones is 1. The molecule has 0 aromatic carbocycles. The zero-order chi connectivity index (χ0) is 11.4. The van der Waals surface area contributed by atoms with Gasteiger partial charge in [-0.25, -0.2) is 0 Å². The molecule has 1 amide bonds. The maximum Gasteiger partial charge on any atom is 0.239 e. The average molecular weight is 214 g/mol. The number of hydrogen-bond acceptors (Lipinski definition) is 4. The van der Waals surface area contributed by atoms with Crippen molar-refractivity contribution in [2.45, 2.75) is 25.9 Å². The Morgan fingerprint density at radius 2 is 2.20 bits per heavy atom. The molecule has 0 aromatic heterocycles. The number of morpholine rings is 1. The molecule has 5 heteroatoms. The minimum atomic E-state index is -0.345. The molecule has 1 rings (SSSR count). The van der Waals surface area contributed by atoms with E-state index < -0.39 is 0 Å². The van der Waals surface area contributed by atoms with Crippen molar-refractivity contribution in [3.8, 4) is 0 Å². The standard InChI is InChI=1S/C10H18N2O3/c1-7(8(2)13)12-4-5-15-6-9(12)10(14)11-3/h7,9H,4-6H2,1-3H3,(H,11,14). The Morgan fingerprint density at radius 3 is 2.73 bits per heavy atom. The fourth-order valence-electron chi connectivity index (χ4n) is 1.71. The highest BCUT2D eigenvalue weighted by molar-refractivity contribution is 5.85. The maximum atomic E-state index is 11.6. The molecule has 15 heavy (non-hydrogen) atoms. The lowest BCUT2D eigenvalue weighted by atomic mass is 10.1. The molecule has 1 heterocycles. The van der Waals surface area contributed by atoms with Gasteiger partial charge in [0.15, 0.2) is 0 Å². The Kier molecular flexibility index (Phi) is 4.23. The normalized spacial score (nSPS) is 24.6. The van der Waals surface area contributed by atoms with Crippen LogP contribution in [0.2, 0.25) is 0 Å². The molecule has 0 aromatic rings. The van der Waals surface area contributed by atoms with Crippen molar-refractivity contribution in [3.63, 3.8) is 0 Å². The van der Waals surface area contributed by atoms with Crippen LogP contribution in [0, 0.1) is 0 Å². The van der Waals surface area contributed by atoms with Crippen LogP contribution in [0.25, 0.3) is 0 Å². The summed E-state index contributed by atoms with van der Waals surface area (Å²) in [4.78, 5) is 24.7.